The molecule has 1 aliphatic heterocycles. The molecule has 1 aromatic rings. The summed E-state index contributed by atoms with van der Waals surface area (Å²) in [6, 6.07) is 2.83. The van der Waals surface area contributed by atoms with Gasteiger partial charge in [0.1, 0.15) is 11.5 Å². The highest BCUT2D eigenvalue weighted by molar-refractivity contribution is 5.76. The van der Waals surface area contributed by atoms with Gasteiger partial charge in [0.25, 0.3) is 0 Å². The first kappa shape index (κ1) is 19.4. The van der Waals surface area contributed by atoms with Crippen molar-refractivity contribution >= 4 is 6.03 Å². The lowest BCUT2D eigenvalue weighted by molar-refractivity contribution is 0.220. The van der Waals surface area contributed by atoms with Crippen LogP contribution < -0.4 is 10.6 Å². The fourth-order valence-electron chi connectivity index (χ4n) is 3.64. The Kier molecular flexibility index (Phi) is 6.57. The second-order valence-electron chi connectivity index (χ2n) is 7.54. The van der Waals surface area contributed by atoms with Crippen LogP contribution in [0.2, 0.25) is 0 Å². The van der Waals surface area contributed by atoms with E-state index in [1.54, 1.807) is 12.1 Å². The lowest BCUT2D eigenvalue weighted by Gasteiger charge is -2.30. The van der Waals surface area contributed by atoms with Gasteiger partial charge >= 0.3 is 6.03 Å². The number of carbonyl (C=O) groups is 1. The minimum Gasteiger partial charge on any atom is -0.507 e. The van der Waals surface area contributed by atoms with Crippen LogP contribution in [0.4, 0.5) is 4.79 Å². The molecule has 4 unspecified atom stereocenters. The van der Waals surface area contributed by atoms with Crippen LogP contribution in [0.25, 0.3) is 0 Å². The molecule has 1 aliphatic rings. The molecule has 2 rings (SSSR count). The Balaban J connectivity index is 2.17. The van der Waals surface area contributed by atoms with Gasteiger partial charge in [0.2, 0.25) is 0 Å². The molecule has 1 fully saturated rings. The lowest BCUT2D eigenvalue weighted by atomic mass is 9.84. The second kappa shape index (κ2) is 8.45. The average molecular weight is 348 g/mol. The zero-order valence-electron chi connectivity index (χ0n) is 15.8. The Morgan fingerprint density at radius 1 is 1.16 bits per heavy atom. The normalized spacial score (nSPS) is 22.8. The number of hydrogen-bond donors (Lipinski definition) is 4. The van der Waals surface area contributed by atoms with Crippen molar-refractivity contribution in [1.29, 1.82) is 0 Å². The van der Waals surface area contributed by atoms with E-state index < -0.39 is 0 Å². The third kappa shape index (κ3) is 4.80. The molecule has 1 heterocycles. The molecule has 5 nitrogen and oxygen atoms in total. The van der Waals surface area contributed by atoms with Crippen LogP contribution in [0.3, 0.4) is 0 Å². The van der Waals surface area contributed by atoms with Gasteiger partial charge in [-0.25, -0.2) is 4.79 Å². The largest absolute Gasteiger partial charge is 0.507 e. The van der Waals surface area contributed by atoms with Crippen molar-refractivity contribution in [3.05, 3.63) is 23.3 Å². The van der Waals surface area contributed by atoms with E-state index >= 15 is 0 Å². The maximum absolute atomic E-state index is 11.7. The van der Waals surface area contributed by atoms with Crippen LogP contribution in [0, 0.1) is 5.92 Å². The zero-order chi connectivity index (χ0) is 18.6. The quantitative estimate of drug-likeness (QED) is 0.546. The van der Waals surface area contributed by atoms with Crippen LogP contribution in [-0.4, -0.2) is 22.3 Å². The van der Waals surface area contributed by atoms with E-state index in [1.807, 2.05) is 6.92 Å². The monoisotopic (exact) mass is 348 g/mol. The SMILES string of the molecule is CCCCCC(C)C(C)c1cc(O)c(C2CC(C)NC(=O)N2)c(O)c1. The van der Waals surface area contributed by atoms with E-state index in [0.29, 0.717) is 17.9 Å². The lowest BCUT2D eigenvalue weighted by Crippen LogP contribution is -2.49. The molecule has 4 N–H and O–H groups in total. The van der Waals surface area contributed by atoms with Crippen molar-refractivity contribution in [2.75, 3.05) is 0 Å². The third-order valence-corrected chi connectivity index (χ3v) is 5.42. The Hall–Kier alpha value is -1.91. The zero-order valence-corrected chi connectivity index (χ0v) is 15.8. The molecular weight excluding hydrogens is 316 g/mol. The van der Waals surface area contributed by atoms with Crippen molar-refractivity contribution < 1.29 is 15.0 Å². The van der Waals surface area contributed by atoms with Crippen LogP contribution >= 0.6 is 0 Å². The molecule has 0 spiro atoms. The van der Waals surface area contributed by atoms with E-state index in [4.69, 9.17) is 0 Å². The predicted molar refractivity (Wildman–Crippen MR) is 100.0 cm³/mol. The first-order valence-corrected chi connectivity index (χ1v) is 9.46. The van der Waals surface area contributed by atoms with E-state index in [1.165, 1.54) is 19.3 Å². The van der Waals surface area contributed by atoms with E-state index in [-0.39, 0.29) is 35.5 Å². The molecule has 1 aromatic carbocycles. The summed E-state index contributed by atoms with van der Waals surface area (Å²) >= 11 is 0. The number of phenolic OH excluding ortho intramolecular Hbond substituents is 2. The van der Waals surface area contributed by atoms with Crippen molar-refractivity contribution in [2.24, 2.45) is 5.92 Å². The van der Waals surface area contributed by atoms with Gasteiger partial charge in [-0.1, -0.05) is 46.5 Å². The van der Waals surface area contributed by atoms with Crippen molar-refractivity contribution in [1.82, 2.24) is 10.6 Å². The summed E-state index contributed by atoms with van der Waals surface area (Å²) in [5.41, 5.74) is 1.35. The Labute approximate surface area is 150 Å². The highest BCUT2D eigenvalue weighted by Crippen LogP contribution is 2.40. The van der Waals surface area contributed by atoms with Gasteiger partial charge < -0.3 is 20.8 Å². The standard InChI is InChI=1S/C20H32N2O3/c1-5-6-7-8-12(2)14(4)15-10-17(23)19(18(24)11-15)16-9-13(3)21-20(25)22-16/h10-14,16,23-24H,5-9H2,1-4H3,(H2,21,22,25). The molecule has 2 amide bonds. The minimum absolute atomic E-state index is 0.00487. The summed E-state index contributed by atoms with van der Waals surface area (Å²) in [7, 11) is 0. The van der Waals surface area contributed by atoms with E-state index in [9.17, 15) is 15.0 Å². The highest BCUT2D eigenvalue weighted by Gasteiger charge is 2.29. The topological polar surface area (TPSA) is 81.6 Å². The summed E-state index contributed by atoms with van der Waals surface area (Å²) < 4.78 is 0. The summed E-state index contributed by atoms with van der Waals surface area (Å²) in [6.07, 6.45) is 5.41. The van der Waals surface area contributed by atoms with Crippen LogP contribution in [0.5, 0.6) is 11.5 Å². The summed E-state index contributed by atoms with van der Waals surface area (Å²) in [6.45, 7) is 8.47. The number of carbonyl (C=O) groups excluding carboxylic acids is 1. The third-order valence-electron chi connectivity index (χ3n) is 5.42. The van der Waals surface area contributed by atoms with Gasteiger partial charge in [0, 0.05) is 6.04 Å². The maximum atomic E-state index is 11.7. The molecule has 0 aromatic heterocycles. The summed E-state index contributed by atoms with van der Waals surface area (Å²) in [4.78, 5) is 11.7. The Bertz CT molecular complexity index is 580. The molecule has 1 saturated heterocycles. The summed E-state index contributed by atoms with van der Waals surface area (Å²) in [5.74, 6) is 0.850. The molecule has 4 atom stereocenters. The molecule has 140 valence electrons. The summed E-state index contributed by atoms with van der Waals surface area (Å²) in [5, 5.41) is 26.6. The predicted octanol–water partition coefficient (Wildman–Crippen LogP) is 4.55. The fourth-order valence-corrected chi connectivity index (χ4v) is 3.64. The smallest absolute Gasteiger partial charge is 0.315 e. The van der Waals surface area contributed by atoms with E-state index in [0.717, 1.165) is 12.0 Å². The number of benzene rings is 1. The van der Waals surface area contributed by atoms with Crippen molar-refractivity contribution in [2.45, 2.75) is 77.8 Å². The highest BCUT2D eigenvalue weighted by atomic mass is 16.3. The molecule has 25 heavy (non-hydrogen) atoms. The first-order valence-electron chi connectivity index (χ1n) is 9.46. The van der Waals surface area contributed by atoms with Gasteiger partial charge in [-0.3, -0.25) is 0 Å². The maximum Gasteiger partial charge on any atom is 0.315 e. The van der Waals surface area contributed by atoms with Gasteiger partial charge in [-0.2, -0.15) is 0 Å². The van der Waals surface area contributed by atoms with Gasteiger partial charge in [0.15, 0.2) is 0 Å². The molecule has 0 bridgehead atoms. The number of unbranched alkanes of at least 4 members (excludes halogenated alkanes) is 2. The van der Waals surface area contributed by atoms with Gasteiger partial charge in [-0.05, 0) is 42.9 Å². The first-order chi connectivity index (χ1) is 11.8. The van der Waals surface area contributed by atoms with Crippen LogP contribution in [-0.2, 0) is 0 Å². The van der Waals surface area contributed by atoms with Crippen molar-refractivity contribution in [3.8, 4) is 11.5 Å². The van der Waals surface area contributed by atoms with Gasteiger partial charge in [-0.15, -0.1) is 0 Å². The number of urea groups is 1. The second-order valence-corrected chi connectivity index (χ2v) is 7.54. The number of phenols is 2. The Morgan fingerprint density at radius 2 is 1.80 bits per heavy atom. The number of hydrogen-bond acceptors (Lipinski definition) is 3. The van der Waals surface area contributed by atoms with E-state index in [2.05, 4.69) is 31.4 Å². The van der Waals surface area contributed by atoms with Crippen LogP contribution in [0.15, 0.2) is 12.1 Å². The minimum atomic E-state index is -0.380. The van der Waals surface area contributed by atoms with Crippen LogP contribution in [0.1, 0.15) is 82.9 Å². The molecule has 0 aliphatic carbocycles. The number of aromatic hydroxyl groups is 2. The number of amides is 2. The fraction of sp³-hybridized carbons (Fsp3) is 0.650. The number of nitrogens with one attached hydrogen (secondary N) is 2. The molecule has 0 saturated carbocycles. The number of rotatable bonds is 7. The average Bonchev–Trinajstić information content (AvgIpc) is 2.52. The van der Waals surface area contributed by atoms with Crippen molar-refractivity contribution in [3.63, 3.8) is 0 Å². The molecule has 0 radical (unpaired) electrons. The molecular formula is C20H32N2O3. The van der Waals surface area contributed by atoms with Gasteiger partial charge in [0.05, 0.1) is 11.6 Å². The molecule has 5 heteroatoms. The Morgan fingerprint density at radius 3 is 2.36 bits per heavy atom.